The normalized spacial score (nSPS) is 27.9. The van der Waals surface area contributed by atoms with E-state index >= 15 is 0 Å². The number of sulfone groups is 1. The van der Waals surface area contributed by atoms with Gasteiger partial charge in [-0.15, -0.1) is 0 Å². The molecule has 0 spiro atoms. The zero-order valence-corrected chi connectivity index (χ0v) is 13.8. The number of H-pyrrole nitrogens is 1. The second-order valence-electron chi connectivity index (χ2n) is 5.60. The summed E-state index contributed by atoms with van der Waals surface area (Å²) in [6, 6.07) is 1.57. The molecule has 0 aliphatic carbocycles. The van der Waals surface area contributed by atoms with Crippen LogP contribution in [0, 0.1) is 0 Å². The summed E-state index contributed by atoms with van der Waals surface area (Å²) in [6.45, 7) is 4.64. The molecule has 0 saturated heterocycles. The first kappa shape index (κ1) is 15.2. The third-order valence-electron chi connectivity index (χ3n) is 3.68. The van der Waals surface area contributed by atoms with E-state index in [1.807, 2.05) is 0 Å². The molecule has 2 heterocycles. The molecule has 1 aromatic heterocycles. The number of nitrogens with zero attached hydrogens (tertiary/aromatic N) is 1. The minimum atomic E-state index is -3.52. The summed E-state index contributed by atoms with van der Waals surface area (Å²) in [4.78, 5) is 18.8. The van der Waals surface area contributed by atoms with Crippen LogP contribution >= 0.6 is 15.9 Å². The smallest absolute Gasteiger partial charge is 0.253 e. The van der Waals surface area contributed by atoms with E-state index in [4.69, 9.17) is 5.73 Å². The van der Waals surface area contributed by atoms with Crippen molar-refractivity contribution in [3.63, 3.8) is 0 Å². The molecule has 0 fully saturated rings. The summed E-state index contributed by atoms with van der Waals surface area (Å²) >= 11 is 3.25. The molecule has 0 bridgehead atoms. The molecule has 20 heavy (non-hydrogen) atoms. The number of nitrogens with one attached hydrogen (secondary N) is 1. The van der Waals surface area contributed by atoms with Crippen molar-refractivity contribution in [3.8, 4) is 0 Å². The van der Waals surface area contributed by atoms with Crippen LogP contribution in [-0.4, -0.2) is 29.7 Å². The van der Waals surface area contributed by atoms with Crippen molar-refractivity contribution in [2.24, 2.45) is 10.7 Å². The lowest BCUT2D eigenvalue weighted by atomic mass is 9.95. The van der Waals surface area contributed by atoms with Gasteiger partial charge in [0.05, 0.1) is 5.75 Å². The van der Waals surface area contributed by atoms with E-state index in [1.54, 1.807) is 13.0 Å². The Hall–Kier alpha value is -1.15. The maximum absolute atomic E-state index is 12.4. The standard InChI is InChI=1S/C12H16BrN3O3S/c1-11(2)10(14)16-12(3,6-20(11,18)19)8-4-7(13)5-15-9(8)17/h4-5H,6H2,1-3H3,(H2,14,16)(H,15,17). The van der Waals surface area contributed by atoms with Gasteiger partial charge in [0, 0.05) is 16.2 Å². The highest BCUT2D eigenvalue weighted by Gasteiger charge is 2.49. The Kier molecular flexibility index (Phi) is 3.37. The third-order valence-corrected chi connectivity index (χ3v) is 6.85. The van der Waals surface area contributed by atoms with Crippen molar-refractivity contribution in [3.05, 3.63) is 32.7 Å². The van der Waals surface area contributed by atoms with Crippen LogP contribution in [0.3, 0.4) is 0 Å². The first-order chi connectivity index (χ1) is 8.99. The number of halogens is 1. The number of aromatic nitrogens is 1. The number of pyridine rings is 1. The number of nitrogens with two attached hydrogens (primary N) is 1. The summed E-state index contributed by atoms with van der Waals surface area (Å²) in [5.41, 5.74) is 4.55. The van der Waals surface area contributed by atoms with E-state index in [-0.39, 0.29) is 22.7 Å². The number of aliphatic imine (C=N–C) groups is 1. The molecule has 1 atom stereocenters. The Morgan fingerprint density at radius 3 is 2.55 bits per heavy atom. The second kappa shape index (κ2) is 4.42. The molecule has 0 amide bonds. The van der Waals surface area contributed by atoms with Gasteiger partial charge in [-0.1, -0.05) is 0 Å². The van der Waals surface area contributed by atoms with Gasteiger partial charge < -0.3 is 10.7 Å². The molecule has 1 aliphatic heterocycles. The Bertz CT molecular complexity index is 751. The second-order valence-corrected chi connectivity index (χ2v) is 9.06. The molecule has 1 unspecified atom stereocenters. The molecule has 110 valence electrons. The quantitative estimate of drug-likeness (QED) is 0.775. The maximum Gasteiger partial charge on any atom is 0.253 e. The van der Waals surface area contributed by atoms with E-state index in [2.05, 4.69) is 25.9 Å². The molecular weight excluding hydrogens is 346 g/mol. The molecule has 0 saturated carbocycles. The van der Waals surface area contributed by atoms with Gasteiger partial charge in [-0.2, -0.15) is 0 Å². The fraction of sp³-hybridized carbons (Fsp3) is 0.500. The highest BCUT2D eigenvalue weighted by atomic mass is 79.9. The van der Waals surface area contributed by atoms with Crippen LogP contribution in [0.4, 0.5) is 0 Å². The van der Waals surface area contributed by atoms with Gasteiger partial charge in [0.15, 0.2) is 9.84 Å². The number of hydrogen-bond acceptors (Lipinski definition) is 5. The number of rotatable bonds is 1. The van der Waals surface area contributed by atoms with E-state index in [9.17, 15) is 13.2 Å². The van der Waals surface area contributed by atoms with E-state index < -0.39 is 20.1 Å². The van der Waals surface area contributed by atoms with Crippen molar-refractivity contribution in [1.82, 2.24) is 4.98 Å². The first-order valence-electron chi connectivity index (χ1n) is 5.96. The van der Waals surface area contributed by atoms with Crippen molar-refractivity contribution in [2.75, 3.05) is 5.75 Å². The molecule has 0 radical (unpaired) electrons. The predicted octanol–water partition coefficient (Wildman–Crippen LogP) is 0.917. The van der Waals surface area contributed by atoms with Crippen molar-refractivity contribution < 1.29 is 8.42 Å². The van der Waals surface area contributed by atoms with Gasteiger partial charge in [-0.25, -0.2) is 8.42 Å². The van der Waals surface area contributed by atoms with Crippen LogP contribution in [0.2, 0.25) is 0 Å². The zero-order chi connectivity index (χ0) is 15.3. The van der Waals surface area contributed by atoms with Gasteiger partial charge in [0.25, 0.3) is 5.56 Å². The fourth-order valence-electron chi connectivity index (χ4n) is 2.14. The third kappa shape index (κ3) is 2.20. The summed E-state index contributed by atoms with van der Waals surface area (Å²) in [7, 11) is -3.52. The minimum Gasteiger partial charge on any atom is -0.386 e. The Morgan fingerprint density at radius 2 is 2.00 bits per heavy atom. The van der Waals surface area contributed by atoms with Crippen LogP contribution in [0.5, 0.6) is 0 Å². The largest absolute Gasteiger partial charge is 0.386 e. The van der Waals surface area contributed by atoms with Gasteiger partial charge in [-0.05, 0) is 42.8 Å². The van der Waals surface area contributed by atoms with Crippen molar-refractivity contribution in [2.45, 2.75) is 31.1 Å². The Balaban J connectivity index is 2.72. The highest BCUT2D eigenvalue weighted by molar-refractivity contribution is 9.10. The van der Waals surface area contributed by atoms with Crippen LogP contribution in [0.1, 0.15) is 26.3 Å². The lowest BCUT2D eigenvalue weighted by Crippen LogP contribution is -2.55. The van der Waals surface area contributed by atoms with Gasteiger partial charge in [0.2, 0.25) is 0 Å². The average molecular weight is 362 g/mol. The van der Waals surface area contributed by atoms with Gasteiger partial charge in [-0.3, -0.25) is 9.79 Å². The first-order valence-corrected chi connectivity index (χ1v) is 8.41. The number of amidine groups is 1. The monoisotopic (exact) mass is 361 g/mol. The molecule has 8 heteroatoms. The SMILES string of the molecule is CC1(c2cc(Br)c[nH]c2=O)CS(=O)(=O)C(C)(C)C(N)=N1. The van der Waals surface area contributed by atoms with Gasteiger partial charge >= 0.3 is 0 Å². The van der Waals surface area contributed by atoms with E-state index in [1.165, 1.54) is 20.0 Å². The van der Waals surface area contributed by atoms with E-state index in [0.717, 1.165) is 0 Å². The molecule has 3 N–H and O–H groups in total. The number of hydrogen-bond donors (Lipinski definition) is 2. The zero-order valence-electron chi connectivity index (χ0n) is 11.4. The molecule has 6 nitrogen and oxygen atoms in total. The number of aromatic amines is 1. The molecule has 1 aromatic rings. The maximum atomic E-state index is 12.4. The summed E-state index contributed by atoms with van der Waals surface area (Å²) in [6.07, 6.45) is 1.49. The van der Waals surface area contributed by atoms with Gasteiger partial charge in [0.1, 0.15) is 16.1 Å². The Labute approximate surface area is 125 Å². The van der Waals surface area contributed by atoms with Crippen LogP contribution in [0.25, 0.3) is 0 Å². The molecule has 0 aromatic carbocycles. The van der Waals surface area contributed by atoms with Crippen LogP contribution in [0.15, 0.2) is 26.5 Å². The van der Waals surface area contributed by atoms with Crippen molar-refractivity contribution >= 4 is 31.6 Å². The summed E-state index contributed by atoms with van der Waals surface area (Å²) in [5.74, 6) is -0.238. The van der Waals surface area contributed by atoms with Crippen LogP contribution in [-0.2, 0) is 15.4 Å². The summed E-state index contributed by atoms with van der Waals surface area (Å²) < 4.78 is 24.3. The molecule has 1 aliphatic rings. The van der Waals surface area contributed by atoms with Crippen molar-refractivity contribution in [1.29, 1.82) is 0 Å². The molecule has 2 rings (SSSR count). The Morgan fingerprint density at radius 1 is 1.40 bits per heavy atom. The lowest BCUT2D eigenvalue weighted by molar-refractivity contribution is 0.497. The topological polar surface area (TPSA) is 105 Å². The van der Waals surface area contributed by atoms with Crippen LogP contribution < -0.4 is 11.3 Å². The molecular formula is C12H16BrN3O3S. The predicted molar refractivity (Wildman–Crippen MR) is 81.6 cm³/mol. The average Bonchev–Trinajstić information content (AvgIpc) is 2.29. The lowest BCUT2D eigenvalue weighted by Gasteiger charge is -2.37. The summed E-state index contributed by atoms with van der Waals surface area (Å²) in [5, 5.41) is 0. The van der Waals surface area contributed by atoms with E-state index in [0.29, 0.717) is 4.47 Å². The highest BCUT2D eigenvalue weighted by Crippen LogP contribution is 2.35. The minimum absolute atomic E-state index is 0.0191. The fourth-order valence-corrected chi connectivity index (χ4v) is 4.17.